The summed E-state index contributed by atoms with van der Waals surface area (Å²) in [7, 11) is 0. The van der Waals surface area contributed by atoms with Crippen molar-refractivity contribution in [2.45, 2.75) is 20.8 Å². The van der Waals surface area contributed by atoms with Crippen molar-refractivity contribution in [1.29, 1.82) is 0 Å². The highest BCUT2D eigenvalue weighted by Crippen LogP contribution is 2.24. The predicted octanol–water partition coefficient (Wildman–Crippen LogP) is 4.64. The average molecular weight is 328 g/mol. The third kappa shape index (κ3) is 3.37. The molecule has 0 aliphatic rings. The van der Waals surface area contributed by atoms with Gasteiger partial charge in [-0.25, -0.2) is 4.98 Å². The number of nitrogens with zero attached hydrogens (tertiary/aromatic N) is 2. The molecule has 1 aromatic carbocycles. The van der Waals surface area contributed by atoms with Crippen molar-refractivity contribution in [3.8, 4) is 11.3 Å². The standard InChI is InChI=1S/C18H18ClN3O/c1-18(2,3)17(23)20-14-6-4-5-12(9-14)15-11-22-10-13(19)7-8-16(22)21-15/h4-11H,1-3H3,(H,20,23). The molecule has 118 valence electrons. The molecule has 0 fully saturated rings. The molecule has 0 atom stereocenters. The fraction of sp³-hybridized carbons (Fsp3) is 0.222. The van der Waals surface area contributed by atoms with Crippen molar-refractivity contribution < 1.29 is 4.79 Å². The van der Waals surface area contributed by atoms with E-state index < -0.39 is 5.41 Å². The lowest BCUT2D eigenvalue weighted by atomic mass is 9.95. The van der Waals surface area contributed by atoms with Gasteiger partial charge in [0.05, 0.1) is 10.7 Å². The SMILES string of the molecule is CC(C)(C)C(=O)Nc1cccc(-c2cn3cc(Cl)ccc3n2)c1. The van der Waals surface area contributed by atoms with Crippen LogP contribution in [0.3, 0.4) is 0 Å². The van der Waals surface area contributed by atoms with E-state index in [1.54, 1.807) is 0 Å². The first-order valence-corrected chi connectivity index (χ1v) is 7.77. The van der Waals surface area contributed by atoms with Crippen LogP contribution in [0.2, 0.25) is 5.02 Å². The Morgan fingerprint density at radius 1 is 1.17 bits per heavy atom. The summed E-state index contributed by atoms with van der Waals surface area (Å²) < 4.78 is 1.89. The Labute approximate surface area is 140 Å². The number of pyridine rings is 1. The van der Waals surface area contributed by atoms with Crippen molar-refractivity contribution in [2.75, 3.05) is 5.32 Å². The Morgan fingerprint density at radius 3 is 2.70 bits per heavy atom. The summed E-state index contributed by atoms with van der Waals surface area (Å²) >= 11 is 6.00. The van der Waals surface area contributed by atoms with Crippen molar-refractivity contribution >= 4 is 28.8 Å². The van der Waals surface area contributed by atoms with E-state index in [0.29, 0.717) is 5.02 Å². The van der Waals surface area contributed by atoms with Gasteiger partial charge in [0.1, 0.15) is 5.65 Å². The second-order valence-corrected chi connectivity index (χ2v) is 6.96. The molecular weight excluding hydrogens is 310 g/mol. The summed E-state index contributed by atoms with van der Waals surface area (Å²) in [6.07, 6.45) is 3.74. The molecule has 2 heterocycles. The fourth-order valence-electron chi connectivity index (χ4n) is 2.18. The number of amides is 1. The number of imidazole rings is 1. The number of aromatic nitrogens is 2. The number of anilines is 1. The quantitative estimate of drug-likeness (QED) is 0.745. The predicted molar refractivity (Wildman–Crippen MR) is 93.7 cm³/mol. The molecule has 3 rings (SSSR count). The molecule has 23 heavy (non-hydrogen) atoms. The van der Waals surface area contributed by atoms with Crippen molar-refractivity contribution in [1.82, 2.24) is 9.38 Å². The lowest BCUT2D eigenvalue weighted by molar-refractivity contribution is -0.123. The van der Waals surface area contributed by atoms with Gasteiger partial charge >= 0.3 is 0 Å². The van der Waals surface area contributed by atoms with Crippen LogP contribution < -0.4 is 5.32 Å². The van der Waals surface area contributed by atoms with Gasteiger partial charge in [-0.05, 0) is 24.3 Å². The minimum Gasteiger partial charge on any atom is -0.326 e. The van der Waals surface area contributed by atoms with E-state index in [0.717, 1.165) is 22.6 Å². The van der Waals surface area contributed by atoms with Crippen LogP contribution in [0.1, 0.15) is 20.8 Å². The maximum Gasteiger partial charge on any atom is 0.229 e. The van der Waals surface area contributed by atoms with E-state index in [2.05, 4.69) is 10.3 Å². The number of fused-ring (bicyclic) bond motifs is 1. The first-order chi connectivity index (χ1) is 10.8. The maximum atomic E-state index is 12.1. The van der Waals surface area contributed by atoms with Crippen LogP contribution in [0.5, 0.6) is 0 Å². The zero-order chi connectivity index (χ0) is 16.6. The van der Waals surface area contributed by atoms with Crippen LogP contribution in [0.4, 0.5) is 5.69 Å². The zero-order valence-electron chi connectivity index (χ0n) is 13.3. The molecule has 0 saturated heterocycles. The fourth-order valence-corrected chi connectivity index (χ4v) is 2.35. The van der Waals surface area contributed by atoms with Gasteiger partial charge in [0.15, 0.2) is 0 Å². The highest BCUT2D eigenvalue weighted by Gasteiger charge is 2.21. The smallest absolute Gasteiger partial charge is 0.229 e. The summed E-state index contributed by atoms with van der Waals surface area (Å²) in [5.74, 6) is -0.0172. The second-order valence-electron chi connectivity index (χ2n) is 6.52. The van der Waals surface area contributed by atoms with Crippen LogP contribution >= 0.6 is 11.6 Å². The highest BCUT2D eigenvalue weighted by atomic mass is 35.5. The Hall–Kier alpha value is -2.33. The molecule has 0 unspecified atom stereocenters. The summed E-state index contributed by atoms with van der Waals surface area (Å²) in [5, 5.41) is 3.60. The van der Waals surface area contributed by atoms with E-state index in [-0.39, 0.29) is 5.91 Å². The number of rotatable bonds is 2. The van der Waals surface area contributed by atoms with Crippen molar-refractivity contribution in [2.24, 2.45) is 5.41 Å². The largest absolute Gasteiger partial charge is 0.326 e. The molecule has 0 spiro atoms. The number of hydrogen-bond acceptors (Lipinski definition) is 2. The summed E-state index contributed by atoms with van der Waals surface area (Å²) in [6, 6.07) is 11.4. The van der Waals surface area contributed by atoms with E-state index in [9.17, 15) is 4.79 Å². The van der Waals surface area contributed by atoms with Crippen molar-refractivity contribution in [3.63, 3.8) is 0 Å². The van der Waals surface area contributed by atoms with Crippen molar-refractivity contribution in [3.05, 3.63) is 53.8 Å². The third-order valence-electron chi connectivity index (χ3n) is 3.51. The van der Waals surface area contributed by atoms with Crippen LogP contribution in [-0.2, 0) is 4.79 Å². The number of halogens is 1. The van der Waals surface area contributed by atoms with E-state index >= 15 is 0 Å². The molecule has 0 saturated carbocycles. The topological polar surface area (TPSA) is 46.4 Å². The maximum absolute atomic E-state index is 12.1. The molecule has 0 radical (unpaired) electrons. The summed E-state index contributed by atoms with van der Waals surface area (Å²) in [5.41, 5.74) is 2.93. The van der Waals surface area contributed by atoms with Gasteiger partial charge in [-0.2, -0.15) is 0 Å². The van der Waals surface area contributed by atoms with Gasteiger partial charge in [0, 0.05) is 29.1 Å². The zero-order valence-corrected chi connectivity index (χ0v) is 14.1. The van der Waals surface area contributed by atoms with Gasteiger partial charge in [-0.3, -0.25) is 4.79 Å². The number of carbonyl (C=O) groups is 1. The van der Waals surface area contributed by atoms with Gasteiger partial charge < -0.3 is 9.72 Å². The van der Waals surface area contributed by atoms with Crippen LogP contribution in [0, 0.1) is 5.41 Å². The molecule has 1 amide bonds. The lowest BCUT2D eigenvalue weighted by Crippen LogP contribution is -2.27. The van der Waals surface area contributed by atoms with Gasteiger partial charge in [0.25, 0.3) is 0 Å². The third-order valence-corrected chi connectivity index (χ3v) is 3.74. The van der Waals surface area contributed by atoms with Gasteiger partial charge in [-0.15, -0.1) is 0 Å². The monoisotopic (exact) mass is 327 g/mol. The Kier molecular flexibility index (Phi) is 3.86. The van der Waals surface area contributed by atoms with Gasteiger partial charge in [-0.1, -0.05) is 44.5 Å². The number of benzene rings is 1. The van der Waals surface area contributed by atoms with Gasteiger partial charge in [0.2, 0.25) is 5.91 Å². The van der Waals surface area contributed by atoms with Crippen LogP contribution in [0.25, 0.3) is 16.9 Å². The Morgan fingerprint density at radius 2 is 1.96 bits per heavy atom. The first-order valence-electron chi connectivity index (χ1n) is 7.39. The first kappa shape index (κ1) is 15.6. The number of carbonyl (C=O) groups excluding carboxylic acids is 1. The molecule has 2 aromatic heterocycles. The molecule has 3 aromatic rings. The molecule has 0 aliphatic heterocycles. The van der Waals surface area contributed by atoms with E-state index in [4.69, 9.17) is 11.6 Å². The molecule has 0 aliphatic carbocycles. The molecule has 0 bridgehead atoms. The van der Waals surface area contributed by atoms with Crippen LogP contribution in [-0.4, -0.2) is 15.3 Å². The molecule has 4 nitrogen and oxygen atoms in total. The number of hydrogen-bond donors (Lipinski definition) is 1. The average Bonchev–Trinajstić information content (AvgIpc) is 2.89. The molecule has 1 N–H and O–H groups in total. The molecular formula is C18H18ClN3O. The highest BCUT2D eigenvalue weighted by molar-refractivity contribution is 6.30. The van der Waals surface area contributed by atoms with Crippen LogP contribution in [0.15, 0.2) is 48.8 Å². The normalized spacial score (nSPS) is 11.7. The van der Waals surface area contributed by atoms with E-state index in [1.807, 2.05) is 74.0 Å². The van der Waals surface area contributed by atoms with E-state index in [1.165, 1.54) is 0 Å². The minimum absolute atomic E-state index is 0.0172. The Balaban J connectivity index is 1.93. The second kappa shape index (κ2) is 5.70. The lowest BCUT2D eigenvalue weighted by Gasteiger charge is -2.17. The minimum atomic E-state index is -0.435. The summed E-state index contributed by atoms with van der Waals surface area (Å²) in [4.78, 5) is 16.7. The Bertz CT molecular complexity index is 877. The molecule has 5 heteroatoms. The number of nitrogens with one attached hydrogen (secondary N) is 1. The summed E-state index contributed by atoms with van der Waals surface area (Å²) in [6.45, 7) is 5.66.